The molecule has 1 unspecified atom stereocenters. The van der Waals surface area contributed by atoms with Crippen molar-refractivity contribution in [3.63, 3.8) is 0 Å². The van der Waals surface area contributed by atoms with E-state index in [1.54, 1.807) is 0 Å². The normalized spacial score (nSPS) is 22.0. The highest BCUT2D eigenvalue weighted by molar-refractivity contribution is 5.99. The zero-order valence-corrected chi connectivity index (χ0v) is 16.6. The first-order chi connectivity index (χ1) is 14.1. The summed E-state index contributed by atoms with van der Waals surface area (Å²) in [7, 11) is 0. The average Bonchev–Trinajstić information content (AvgIpc) is 3.26. The van der Waals surface area contributed by atoms with Crippen molar-refractivity contribution in [3.05, 3.63) is 59.7 Å². The number of rotatable bonds is 5. The molecule has 4 rings (SSSR count). The second-order valence-corrected chi connectivity index (χ2v) is 7.84. The minimum atomic E-state index is -0.743. The summed E-state index contributed by atoms with van der Waals surface area (Å²) in [6.45, 7) is 2.01. The fourth-order valence-corrected chi connectivity index (χ4v) is 4.32. The first kappa shape index (κ1) is 19.6. The number of hydrogen-bond donors (Lipinski definition) is 3. The molecule has 0 bridgehead atoms. The third-order valence-corrected chi connectivity index (χ3v) is 5.96. The largest absolute Gasteiger partial charge is 0.326 e. The first-order valence-electron chi connectivity index (χ1n) is 10.4. The summed E-state index contributed by atoms with van der Waals surface area (Å²) in [5.41, 5.74) is 8.63. The maximum absolute atomic E-state index is 13.3. The molecule has 2 heterocycles. The van der Waals surface area contributed by atoms with Crippen molar-refractivity contribution in [2.45, 2.75) is 44.2 Å². The molecule has 0 radical (unpaired) electrons. The van der Waals surface area contributed by atoms with Crippen molar-refractivity contribution in [2.24, 2.45) is 5.73 Å². The number of nitrogens with one attached hydrogen (secondary N) is 2. The quantitative estimate of drug-likeness (QED) is 0.730. The highest BCUT2D eigenvalue weighted by Gasteiger charge is 2.42. The van der Waals surface area contributed by atoms with Crippen LogP contribution in [0.4, 0.5) is 11.4 Å². The summed E-state index contributed by atoms with van der Waals surface area (Å²) < 4.78 is 0. The monoisotopic (exact) mass is 392 g/mol. The van der Waals surface area contributed by atoms with Gasteiger partial charge in [-0.05, 0) is 67.6 Å². The van der Waals surface area contributed by atoms with Gasteiger partial charge in [0.1, 0.15) is 5.54 Å². The van der Waals surface area contributed by atoms with Crippen LogP contribution in [-0.4, -0.2) is 24.9 Å². The molecule has 4 N–H and O–H groups in total. The maximum atomic E-state index is 13.3. The standard InChI is InChI=1S/C23H28N4O2/c24-16-17-5-3-6-18(15-17)23(12-4-13-25-23)22(29)26-19-8-10-20(11-9-19)27-14-2-1-7-21(27)28/h3,5-6,8-11,15,25H,1-2,4,7,12-14,16,24H2,(H,26,29). The zero-order valence-electron chi connectivity index (χ0n) is 16.6. The number of anilines is 2. The molecule has 2 aromatic carbocycles. The lowest BCUT2D eigenvalue weighted by Gasteiger charge is -2.30. The first-order valence-corrected chi connectivity index (χ1v) is 10.4. The summed E-state index contributed by atoms with van der Waals surface area (Å²) in [6, 6.07) is 15.5. The van der Waals surface area contributed by atoms with Gasteiger partial charge in [0.25, 0.3) is 0 Å². The molecule has 2 fully saturated rings. The van der Waals surface area contributed by atoms with Gasteiger partial charge < -0.3 is 16.0 Å². The Bertz CT molecular complexity index is 888. The van der Waals surface area contributed by atoms with E-state index < -0.39 is 5.54 Å². The van der Waals surface area contributed by atoms with Crippen molar-refractivity contribution in [1.82, 2.24) is 5.32 Å². The van der Waals surface area contributed by atoms with Gasteiger partial charge in [-0.25, -0.2) is 0 Å². The average molecular weight is 393 g/mol. The molecular formula is C23H28N4O2. The zero-order chi connectivity index (χ0) is 20.3. The fourth-order valence-electron chi connectivity index (χ4n) is 4.32. The predicted octanol–water partition coefficient (Wildman–Crippen LogP) is 2.88. The van der Waals surface area contributed by atoms with E-state index in [1.165, 1.54) is 0 Å². The van der Waals surface area contributed by atoms with Gasteiger partial charge in [0.05, 0.1) is 0 Å². The fraction of sp³-hybridized carbons (Fsp3) is 0.391. The number of benzene rings is 2. The van der Waals surface area contributed by atoms with Crippen LogP contribution in [0.2, 0.25) is 0 Å². The molecule has 2 amide bonds. The van der Waals surface area contributed by atoms with E-state index in [4.69, 9.17) is 5.73 Å². The number of piperidine rings is 1. The lowest BCUT2D eigenvalue weighted by atomic mass is 9.86. The van der Waals surface area contributed by atoms with E-state index in [0.29, 0.717) is 13.0 Å². The molecular weight excluding hydrogens is 364 g/mol. The molecule has 2 saturated heterocycles. The summed E-state index contributed by atoms with van der Waals surface area (Å²) in [5.74, 6) is 0.105. The number of carbonyl (C=O) groups excluding carboxylic acids is 2. The van der Waals surface area contributed by atoms with Gasteiger partial charge in [-0.15, -0.1) is 0 Å². The molecule has 6 nitrogen and oxygen atoms in total. The number of hydrogen-bond acceptors (Lipinski definition) is 4. The lowest BCUT2D eigenvalue weighted by molar-refractivity contribution is -0.122. The van der Waals surface area contributed by atoms with Crippen molar-refractivity contribution >= 4 is 23.2 Å². The summed E-state index contributed by atoms with van der Waals surface area (Å²) in [5, 5.41) is 6.49. The van der Waals surface area contributed by atoms with Crippen LogP contribution in [0.25, 0.3) is 0 Å². The smallest absolute Gasteiger partial charge is 0.249 e. The second-order valence-electron chi connectivity index (χ2n) is 7.84. The Balaban J connectivity index is 1.53. The van der Waals surface area contributed by atoms with Gasteiger partial charge in [0.15, 0.2) is 0 Å². The van der Waals surface area contributed by atoms with Crippen LogP contribution in [0.5, 0.6) is 0 Å². The van der Waals surface area contributed by atoms with E-state index >= 15 is 0 Å². The van der Waals surface area contributed by atoms with E-state index in [-0.39, 0.29) is 11.8 Å². The minimum absolute atomic E-state index is 0.0639. The third kappa shape index (κ3) is 3.91. The van der Waals surface area contributed by atoms with Crippen molar-refractivity contribution < 1.29 is 9.59 Å². The van der Waals surface area contributed by atoms with Gasteiger partial charge in [-0.2, -0.15) is 0 Å². The predicted molar refractivity (Wildman–Crippen MR) is 115 cm³/mol. The van der Waals surface area contributed by atoms with Crippen molar-refractivity contribution in [1.29, 1.82) is 0 Å². The molecule has 0 spiro atoms. The van der Waals surface area contributed by atoms with Crippen LogP contribution in [0.15, 0.2) is 48.5 Å². The molecule has 0 aromatic heterocycles. The summed E-state index contributed by atoms with van der Waals surface area (Å²) in [6.07, 6.45) is 4.28. The molecule has 1 atom stereocenters. The lowest BCUT2D eigenvalue weighted by Crippen LogP contribution is -2.48. The van der Waals surface area contributed by atoms with Gasteiger partial charge in [-0.1, -0.05) is 24.3 Å². The molecule has 0 saturated carbocycles. The van der Waals surface area contributed by atoms with E-state index in [2.05, 4.69) is 10.6 Å². The Morgan fingerprint density at radius 2 is 1.97 bits per heavy atom. The molecule has 29 heavy (non-hydrogen) atoms. The highest BCUT2D eigenvalue weighted by atomic mass is 16.2. The molecule has 2 aliphatic rings. The van der Waals surface area contributed by atoms with Gasteiger partial charge in [-0.3, -0.25) is 14.9 Å². The van der Waals surface area contributed by atoms with Gasteiger partial charge >= 0.3 is 0 Å². The molecule has 6 heteroatoms. The molecule has 2 aromatic rings. The van der Waals surface area contributed by atoms with Crippen LogP contribution < -0.4 is 21.3 Å². The van der Waals surface area contributed by atoms with Crippen molar-refractivity contribution in [3.8, 4) is 0 Å². The summed E-state index contributed by atoms with van der Waals surface area (Å²) in [4.78, 5) is 27.3. The highest BCUT2D eigenvalue weighted by Crippen LogP contribution is 2.33. The number of nitrogens with zero attached hydrogens (tertiary/aromatic N) is 1. The maximum Gasteiger partial charge on any atom is 0.249 e. The van der Waals surface area contributed by atoms with Crippen LogP contribution in [0.1, 0.15) is 43.2 Å². The van der Waals surface area contributed by atoms with E-state index in [9.17, 15) is 9.59 Å². The Morgan fingerprint density at radius 3 is 2.66 bits per heavy atom. The Hall–Kier alpha value is -2.70. The van der Waals surface area contributed by atoms with E-state index in [0.717, 1.165) is 61.3 Å². The molecule has 2 aliphatic heterocycles. The Kier molecular flexibility index (Phi) is 5.65. The summed E-state index contributed by atoms with van der Waals surface area (Å²) >= 11 is 0. The van der Waals surface area contributed by atoms with Crippen LogP contribution in [0.3, 0.4) is 0 Å². The topological polar surface area (TPSA) is 87.5 Å². The van der Waals surface area contributed by atoms with Crippen LogP contribution in [0, 0.1) is 0 Å². The second kappa shape index (κ2) is 8.35. The minimum Gasteiger partial charge on any atom is -0.326 e. The van der Waals surface area contributed by atoms with Gasteiger partial charge in [0, 0.05) is 30.9 Å². The SMILES string of the molecule is NCc1cccc(C2(C(=O)Nc3ccc(N4CCCCC4=O)cc3)CCCN2)c1. The van der Waals surface area contributed by atoms with Crippen LogP contribution in [-0.2, 0) is 21.7 Å². The Morgan fingerprint density at radius 1 is 1.14 bits per heavy atom. The number of nitrogens with two attached hydrogens (primary N) is 1. The van der Waals surface area contributed by atoms with E-state index in [1.807, 2.05) is 53.4 Å². The number of carbonyl (C=O) groups is 2. The van der Waals surface area contributed by atoms with Crippen LogP contribution >= 0.6 is 0 Å². The Labute approximate surface area is 171 Å². The number of amides is 2. The third-order valence-electron chi connectivity index (χ3n) is 5.96. The van der Waals surface area contributed by atoms with Crippen molar-refractivity contribution in [2.75, 3.05) is 23.3 Å². The van der Waals surface area contributed by atoms with Gasteiger partial charge in [0.2, 0.25) is 11.8 Å². The molecule has 0 aliphatic carbocycles. The molecule has 152 valence electrons.